The molecule has 3 heteroatoms. The molecule has 1 aromatic rings. The quantitative estimate of drug-likeness (QED) is 0.617. The highest BCUT2D eigenvalue weighted by Crippen LogP contribution is 2.24. The van der Waals surface area contributed by atoms with Crippen LogP contribution in [0.25, 0.3) is 0 Å². The van der Waals surface area contributed by atoms with Gasteiger partial charge in [-0.3, -0.25) is 0 Å². The van der Waals surface area contributed by atoms with Crippen LogP contribution in [0.4, 0.5) is 5.69 Å². The summed E-state index contributed by atoms with van der Waals surface area (Å²) in [7, 11) is 0. The van der Waals surface area contributed by atoms with Crippen molar-refractivity contribution in [3.05, 3.63) is 36.4 Å². The summed E-state index contributed by atoms with van der Waals surface area (Å²) in [5.41, 5.74) is 7.14. The summed E-state index contributed by atoms with van der Waals surface area (Å²) in [5, 5.41) is 8.93. The summed E-state index contributed by atoms with van der Waals surface area (Å²) in [6, 6.07) is 7.84. The largest absolute Gasteiger partial charge is 0.493 e. The molecule has 18 heavy (non-hydrogen) atoms. The van der Waals surface area contributed by atoms with Gasteiger partial charge >= 0.3 is 0 Å². The van der Waals surface area contributed by atoms with Crippen molar-refractivity contribution < 1.29 is 4.74 Å². The molecule has 2 N–H and O–H groups in total. The van der Waals surface area contributed by atoms with E-state index in [0.717, 1.165) is 23.4 Å². The van der Waals surface area contributed by atoms with Crippen molar-refractivity contribution >= 4 is 5.69 Å². The van der Waals surface area contributed by atoms with E-state index in [0.29, 0.717) is 13.0 Å². The second-order valence-electron chi connectivity index (χ2n) is 4.95. The summed E-state index contributed by atoms with van der Waals surface area (Å²) in [6.07, 6.45) is 3.24. The van der Waals surface area contributed by atoms with E-state index in [4.69, 9.17) is 15.7 Å². The van der Waals surface area contributed by atoms with Gasteiger partial charge in [0.2, 0.25) is 0 Å². The first-order chi connectivity index (χ1) is 8.48. The lowest BCUT2D eigenvalue weighted by Gasteiger charge is -2.16. The summed E-state index contributed by atoms with van der Waals surface area (Å²) in [4.78, 5) is 0. The number of nitriles is 1. The molecule has 0 atom stereocenters. The molecule has 0 unspecified atom stereocenters. The van der Waals surface area contributed by atoms with Crippen molar-refractivity contribution in [2.45, 2.75) is 26.7 Å². The first kappa shape index (κ1) is 14.1. The molecule has 0 heterocycles. The number of hydrogen-bond donors (Lipinski definition) is 1. The zero-order valence-corrected chi connectivity index (χ0v) is 11.1. The maximum atomic E-state index is 8.93. The van der Waals surface area contributed by atoms with Gasteiger partial charge in [0.05, 0.1) is 18.1 Å². The van der Waals surface area contributed by atoms with Crippen LogP contribution in [0.5, 0.6) is 5.75 Å². The smallest absolute Gasteiger partial charge is 0.122 e. The van der Waals surface area contributed by atoms with Crippen LogP contribution in [0.15, 0.2) is 30.9 Å². The van der Waals surface area contributed by atoms with E-state index >= 15 is 0 Å². The minimum atomic E-state index is -0.355. The summed E-state index contributed by atoms with van der Waals surface area (Å²) in [5.74, 6) is 0.817. The monoisotopic (exact) mass is 244 g/mol. The van der Waals surface area contributed by atoms with Crippen LogP contribution in [-0.2, 0) is 6.42 Å². The molecule has 0 spiro atoms. The summed E-state index contributed by atoms with van der Waals surface area (Å²) < 4.78 is 5.73. The lowest BCUT2D eigenvalue weighted by atomic mass is 9.92. The molecule has 0 aliphatic carbocycles. The Labute approximate surface area is 109 Å². The van der Waals surface area contributed by atoms with E-state index < -0.39 is 0 Å². The van der Waals surface area contributed by atoms with Crippen molar-refractivity contribution in [3.8, 4) is 11.8 Å². The fourth-order valence-corrected chi connectivity index (χ4v) is 1.53. The van der Waals surface area contributed by atoms with E-state index in [2.05, 4.69) is 12.6 Å². The lowest BCUT2D eigenvalue weighted by Crippen LogP contribution is -2.13. The Morgan fingerprint density at radius 2 is 2.22 bits per heavy atom. The third-order valence-electron chi connectivity index (χ3n) is 2.74. The van der Waals surface area contributed by atoms with Crippen LogP contribution in [0.1, 0.15) is 25.8 Å². The van der Waals surface area contributed by atoms with Crippen LogP contribution in [-0.4, -0.2) is 6.61 Å². The second kappa shape index (κ2) is 6.11. The minimum Gasteiger partial charge on any atom is -0.493 e. The van der Waals surface area contributed by atoms with E-state index in [1.54, 1.807) is 0 Å². The normalized spacial score (nSPS) is 10.7. The topological polar surface area (TPSA) is 59.0 Å². The van der Waals surface area contributed by atoms with Crippen LogP contribution >= 0.6 is 0 Å². The van der Waals surface area contributed by atoms with Crippen LogP contribution in [0.2, 0.25) is 0 Å². The number of nitrogens with two attached hydrogens (primary N) is 1. The molecular formula is C15H20N2O. The molecule has 0 aromatic heterocycles. The Hall–Kier alpha value is -1.95. The van der Waals surface area contributed by atoms with Gasteiger partial charge in [-0.05, 0) is 50.5 Å². The lowest BCUT2D eigenvalue weighted by molar-refractivity contribution is 0.262. The van der Waals surface area contributed by atoms with Crippen LogP contribution < -0.4 is 10.5 Å². The maximum Gasteiger partial charge on any atom is 0.122 e. The highest BCUT2D eigenvalue weighted by molar-refractivity contribution is 5.48. The van der Waals surface area contributed by atoms with Gasteiger partial charge in [0.1, 0.15) is 5.75 Å². The molecule has 0 aliphatic rings. The Balaban J connectivity index is 2.67. The Morgan fingerprint density at radius 1 is 1.50 bits per heavy atom. The molecule has 0 bridgehead atoms. The number of nitrogen functional groups attached to an aromatic ring is 1. The number of nitrogens with zero attached hydrogens (tertiary/aromatic N) is 1. The SMILES string of the molecule is C=CCc1cc(N)ccc1OCCC(C)(C)C#N. The molecule has 0 aliphatic heterocycles. The van der Waals surface area contributed by atoms with Gasteiger partial charge < -0.3 is 10.5 Å². The summed E-state index contributed by atoms with van der Waals surface area (Å²) >= 11 is 0. The van der Waals surface area contributed by atoms with Gasteiger partial charge in [0, 0.05) is 5.69 Å². The van der Waals surface area contributed by atoms with Crippen molar-refractivity contribution in [1.82, 2.24) is 0 Å². The molecule has 0 radical (unpaired) electrons. The third-order valence-corrected chi connectivity index (χ3v) is 2.74. The van der Waals surface area contributed by atoms with Gasteiger partial charge in [0.25, 0.3) is 0 Å². The van der Waals surface area contributed by atoms with Crippen LogP contribution in [0.3, 0.4) is 0 Å². The first-order valence-corrected chi connectivity index (χ1v) is 6.02. The second-order valence-corrected chi connectivity index (χ2v) is 4.95. The first-order valence-electron chi connectivity index (χ1n) is 6.02. The maximum absolute atomic E-state index is 8.93. The van der Waals surface area contributed by atoms with E-state index in [1.165, 1.54) is 0 Å². The number of hydrogen-bond acceptors (Lipinski definition) is 3. The van der Waals surface area contributed by atoms with E-state index in [1.807, 2.05) is 38.1 Å². The molecule has 0 fully saturated rings. The number of benzene rings is 1. The van der Waals surface area contributed by atoms with Gasteiger partial charge in [-0.1, -0.05) is 6.08 Å². The zero-order valence-electron chi connectivity index (χ0n) is 11.1. The third kappa shape index (κ3) is 4.14. The molecule has 0 saturated carbocycles. The molecule has 0 amide bonds. The van der Waals surface area contributed by atoms with Crippen molar-refractivity contribution in [2.75, 3.05) is 12.3 Å². The van der Waals surface area contributed by atoms with Crippen molar-refractivity contribution in [1.29, 1.82) is 5.26 Å². The fourth-order valence-electron chi connectivity index (χ4n) is 1.53. The van der Waals surface area contributed by atoms with Gasteiger partial charge in [-0.15, -0.1) is 6.58 Å². The van der Waals surface area contributed by atoms with Gasteiger partial charge in [0.15, 0.2) is 0 Å². The van der Waals surface area contributed by atoms with Crippen molar-refractivity contribution in [2.24, 2.45) is 5.41 Å². The van der Waals surface area contributed by atoms with Gasteiger partial charge in [-0.25, -0.2) is 0 Å². The predicted molar refractivity (Wildman–Crippen MR) is 74.3 cm³/mol. The molecular weight excluding hydrogens is 224 g/mol. The molecule has 96 valence electrons. The van der Waals surface area contributed by atoms with Crippen molar-refractivity contribution in [3.63, 3.8) is 0 Å². The molecule has 1 aromatic carbocycles. The highest BCUT2D eigenvalue weighted by Gasteiger charge is 2.16. The Morgan fingerprint density at radius 3 is 2.83 bits per heavy atom. The Bertz CT molecular complexity index is 458. The summed E-state index contributed by atoms with van der Waals surface area (Å²) in [6.45, 7) is 8.06. The Kier molecular flexibility index (Phi) is 4.79. The average molecular weight is 244 g/mol. The fraction of sp³-hybridized carbons (Fsp3) is 0.400. The molecule has 1 rings (SSSR count). The standard InChI is InChI=1S/C15H20N2O/c1-4-5-12-10-13(17)6-7-14(12)18-9-8-15(2,3)11-16/h4,6-7,10H,1,5,8-9,17H2,2-3H3. The predicted octanol–water partition coefficient (Wildman–Crippen LogP) is 3.32. The number of ether oxygens (including phenoxy) is 1. The molecule has 3 nitrogen and oxygen atoms in total. The minimum absolute atomic E-state index is 0.355. The highest BCUT2D eigenvalue weighted by atomic mass is 16.5. The van der Waals surface area contributed by atoms with Crippen LogP contribution in [0, 0.1) is 16.7 Å². The van der Waals surface area contributed by atoms with E-state index in [-0.39, 0.29) is 5.41 Å². The molecule has 0 saturated heterocycles. The number of anilines is 1. The number of allylic oxidation sites excluding steroid dienone is 1. The number of rotatable bonds is 6. The zero-order chi connectivity index (χ0) is 13.6. The average Bonchev–Trinajstić information content (AvgIpc) is 2.32. The van der Waals surface area contributed by atoms with E-state index in [9.17, 15) is 0 Å². The van der Waals surface area contributed by atoms with Gasteiger partial charge in [-0.2, -0.15) is 5.26 Å².